The van der Waals surface area contributed by atoms with E-state index in [0.717, 1.165) is 46.9 Å². The number of nitrogens with zero attached hydrogens (tertiary/aromatic N) is 2. The van der Waals surface area contributed by atoms with E-state index in [1.165, 1.54) is 5.56 Å². The second kappa shape index (κ2) is 5.89. The quantitative estimate of drug-likeness (QED) is 0.877. The predicted molar refractivity (Wildman–Crippen MR) is 80.7 cm³/mol. The summed E-state index contributed by atoms with van der Waals surface area (Å²) in [4.78, 5) is 9.06. The summed E-state index contributed by atoms with van der Waals surface area (Å²) in [7, 11) is 0. The topological polar surface area (TPSA) is 47.0 Å². The van der Waals surface area contributed by atoms with Gasteiger partial charge in [0.05, 0.1) is 5.69 Å². The van der Waals surface area contributed by atoms with Gasteiger partial charge in [-0.25, -0.2) is 9.97 Å². The highest BCUT2D eigenvalue weighted by atomic mass is 79.9. The zero-order valence-corrected chi connectivity index (χ0v) is 12.9. The largest absolute Gasteiger partial charge is 0.486 e. The first-order chi connectivity index (χ1) is 9.72. The van der Waals surface area contributed by atoms with E-state index in [4.69, 9.17) is 4.74 Å². The van der Waals surface area contributed by atoms with Crippen LogP contribution in [0.3, 0.4) is 0 Å². The fourth-order valence-corrected chi connectivity index (χ4v) is 2.77. The van der Waals surface area contributed by atoms with Gasteiger partial charge in [0.1, 0.15) is 17.0 Å². The van der Waals surface area contributed by atoms with Gasteiger partial charge in [0.2, 0.25) is 0 Å². The molecule has 5 heteroatoms. The average Bonchev–Trinajstić information content (AvgIpc) is 2.47. The van der Waals surface area contributed by atoms with E-state index in [1.807, 2.05) is 24.3 Å². The second-order valence-electron chi connectivity index (χ2n) is 4.88. The monoisotopic (exact) mass is 333 g/mol. The van der Waals surface area contributed by atoms with Crippen molar-refractivity contribution in [3.63, 3.8) is 0 Å². The van der Waals surface area contributed by atoms with Crippen molar-refractivity contribution in [1.82, 2.24) is 15.3 Å². The molecular weight excluding hydrogens is 318 g/mol. The van der Waals surface area contributed by atoms with E-state index in [0.29, 0.717) is 6.61 Å². The molecule has 0 spiro atoms. The summed E-state index contributed by atoms with van der Waals surface area (Å²) in [5.74, 6) is 1.56. The number of benzene rings is 1. The normalized spacial score (nSPS) is 13.9. The van der Waals surface area contributed by atoms with Gasteiger partial charge in [-0.05, 0) is 35.0 Å². The Morgan fingerprint density at radius 1 is 1.25 bits per heavy atom. The summed E-state index contributed by atoms with van der Waals surface area (Å²) in [6, 6.07) is 7.99. The van der Waals surface area contributed by atoms with Gasteiger partial charge in [0, 0.05) is 25.1 Å². The molecule has 0 saturated carbocycles. The zero-order valence-electron chi connectivity index (χ0n) is 11.3. The Labute approximate surface area is 126 Å². The number of rotatable bonds is 3. The molecule has 2 aromatic rings. The van der Waals surface area contributed by atoms with Crippen molar-refractivity contribution < 1.29 is 4.74 Å². The van der Waals surface area contributed by atoms with Crippen LogP contribution in [0.2, 0.25) is 0 Å². The van der Waals surface area contributed by atoms with E-state index in [-0.39, 0.29) is 0 Å². The first kappa shape index (κ1) is 13.5. The van der Waals surface area contributed by atoms with Crippen LogP contribution in [0.15, 0.2) is 28.9 Å². The molecule has 0 bridgehead atoms. The molecule has 0 saturated heterocycles. The molecule has 104 valence electrons. The van der Waals surface area contributed by atoms with Crippen LogP contribution in [0.5, 0.6) is 5.75 Å². The van der Waals surface area contributed by atoms with Crippen molar-refractivity contribution in [2.75, 3.05) is 6.54 Å². The van der Waals surface area contributed by atoms with Crippen molar-refractivity contribution in [2.24, 2.45) is 0 Å². The highest BCUT2D eigenvalue weighted by molar-refractivity contribution is 9.10. The summed E-state index contributed by atoms with van der Waals surface area (Å²) >= 11 is 3.52. The molecule has 0 radical (unpaired) electrons. The highest BCUT2D eigenvalue weighted by Crippen LogP contribution is 2.21. The summed E-state index contributed by atoms with van der Waals surface area (Å²) in [5.41, 5.74) is 3.50. The lowest BCUT2D eigenvalue weighted by atomic mass is 10.1. The number of fused-ring (bicyclic) bond motifs is 1. The second-order valence-corrected chi connectivity index (χ2v) is 5.64. The number of hydrogen-bond acceptors (Lipinski definition) is 4. The maximum absolute atomic E-state index is 5.73. The van der Waals surface area contributed by atoms with Gasteiger partial charge in [-0.3, -0.25) is 0 Å². The molecule has 3 rings (SSSR count). The molecule has 1 aromatic heterocycles. The third-order valence-electron chi connectivity index (χ3n) is 3.32. The SMILES string of the molecule is Cc1ccc(OCc2nc(Br)c3c(n2)CCNC3)cc1. The standard InChI is InChI=1S/C15H16BrN3O/c1-10-2-4-11(5-3-10)20-9-14-18-13-6-7-17-8-12(13)15(16)19-14/h2-5,17H,6-9H2,1H3. The van der Waals surface area contributed by atoms with E-state index in [1.54, 1.807) is 0 Å². The van der Waals surface area contributed by atoms with Gasteiger partial charge in [-0.15, -0.1) is 0 Å². The van der Waals surface area contributed by atoms with E-state index < -0.39 is 0 Å². The van der Waals surface area contributed by atoms with Crippen LogP contribution < -0.4 is 10.1 Å². The maximum Gasteiger partial charge on any atom is 0.167 e. The lowest BCUT2D eigenvalue weighted by Gasteiger charge is -2.18. The fourth-order valence-electron chi connectivity index (χ4n) is 2.20. The molecule has 4 nitrogen and oxygen atoms in total. The number of aromatic nitrogens is 2. The van der Waals surface area contributed by atoms with E-state index >= 15 is 0 Å². The molecule has 0 atom stereocenters. The van der Waals surface area contributed by atoms with Crippen molar-refractivity contribution in [2.45, 2.75) is 26.5 Å². The summed E-state index contributed by atoms with van der Waals surface area (Å²) in [6.07, 6.45) is 0.938. The lowest BCUT2D eigenvalue weighted by molar-refractivity contribution is 0.294. The first-order valence-electron chi connectivity index (χ1n) is 6.67. The summed E-state index contributed by atoms with van der Waals surface area (Å²) in [5, 5.41) is 3.32. The summed E-state index contributed by atoms with van der Waals surface area (Å²) < 4.78 is 6.60. The van der Waals surface area contributed by atoms with E-state index in [9.17, 15) is 0 Å². The third kappa shape index (κ3) is 2.99. The third-order valence-corrected chi connectivity index (χ3v) is 3.97. The van der Waals surface area contributed by atoms with Crippen molar-refractivity contribution in [3.8, 4) is 5.75 Å². The van der Waals surface area contributed by atoms with Gasteiger partial charge >= 0.3 is 0 Å². The number of halogens is 1. The number of aryl methyl sites for hydroxylation is 1. The fraction of sp³-hybridized carbons (Fsp3) is 0.333. The Morgan fingerprint density at radius 2 is 2.05 bits per heavy atom. The molecule has 1 N–H and O–H groups in total. The van der Waals surface area contributed by atoms with Crippen LogP contribution in [0.1, 0.15) is 22.6 Å². The van der Waals surface area contributed by atoms with Crippen molar-refractivity contribution in [1.29, 1.82) is 0 Å². The van der Waals surface area contributed by atoms with Gasteiger partial charge in [0.15, 0.2) is 5.82 Å². The molecule has 0 aliphatic carbocycles. The van der Waals surface area contributed by atoms with Gasteiger partial charge in [-0.2, -0.15) is 0 Å². The number of ether oxygens (including phenoxy) is 1. The molecule has 1 aliphatic heterocycles. The smallest absolute Gasteiger partial charge is 0.167 e. The predicted octanol–water partition coefficient (Wildman–Crippen LogP) is 2.77. The van der Waals surface area contributed by atoms with Crippen LogP contribution in [-0.2, 0) is 19.6 Å². The number of nitrogens with one attached hydrogen (secondary N) is 1. The molecule has 20 heavy (non-hydrogen) atoms. The molecule has 0 fully saturated rings. The summed E-state index contributed by atoms with van der Waals surface area (Å²) in [6.45, 7) is 4.24. The Morgan fingerprint density at radius 3 is 2.85 bits per heavy atom. The van der Waals surface area contributed by atoms with Crippen molar-refractivity contribution in [3.05, 3.63) is 51.5 Å². The molecule has 1 aromatic carbocycles. The molecule has 1 aliphatic rings. The highest BCUT2D eigenvalue weighted by Gasteiger charge is 2.16. The van der Waals surface area contributed by atoms with Crippen LogP contribution in [0.4, 0.5) is 0 Å². The first-order valence-corrected chi connectivity index (χ1v) is 7.46. The Kier molecular flexibility index (Phi) is 3.98. The van der Waals surface area contributed by atoms with Crippen molar-refractivity contribution >= 4 is 15.9 Å². The van der Waals surface area contributed by atoms with Crippen LogP contribution >= 0.6 is 15.9 Å². The molecular formula is C15H16BrN3O. The zero-order chi connectivity index (χ0) is 13.9. The van der Waals surface area contributed by atoms with Gasteiger partial charge < -0.3 is 10.1 Å². The molecule has 0 unspecified atom stereocenters. The maximum atomic E-state index is 5.73. The Bertz CT molecular complexity index is 613. The number of hydrogen-bond donors (Lipinski definition) is 1. The minimum Gasteiger partial charge on any atom is -0.486 e. The van der Waals surface area contributed by atoms with Gasteiger partial charge in [-0.1, -0.05) is 17.7 Å². The average molecular weight is 334 g/mol. The molecule has 2 heterocycles. The minimum atomic E-state index is 0.391. The minimum absolute atomic E-state index is 0.391. The van der Waals surface area contributed by atoms with Crippen LogP contribution in [-0.4, -0.2) is 16.5 Å². The van der Waals surface area contributed by atoms with Gasteiger partial charge in [0.25, 0.3) is 0 Å². The molecule has 0 amide bonds. The Balaban J connectivity index is 1.74. The lowest BCUT2D eigenvalue weighted by Crippen LogP contribution is -2.26. The van der Waals surface area contributed by atoms with Crippen LogP contribution in [0.25, 0.3) is 0 Å². The van der Waals surface area contributed by atoms with E-state index in [2.05, 4.69) is 38.1 Å². The Hall–Kier alpha value is -1.46. The van der Waals surface area contributed by atoms with Crippen LogP contribution in [0, 0.1) is 6.92 Å².